The van der Waals surface area contributed by atoms with Crippen LogP contribution in [-0.4, -0.2) is 16.8 Å². The van der Waals surface area contributed by atoms with E-state index in [-0.39, 0.29) is 6.54 Å². The van der Waals surface area contributed by atoms with Crippen LogP contribution in [0.5, 0.6) is 0 Å². The molecule has 0 aliphatic rings. The normalized spacial score (nSPS) is 11.6. The van der Waals surface area contributed by atoms with E-state index in [0.29, 0.717) is 11.6 Å². The summed E-state index contributed by atoms with van der Waals surface area (Å²) in [4.78, 5) is 27.9. The first-order chi connectivity index (χ1) is 11.1. The Hall–Kier alpha value is -2.69. The molecule has 0 bridgehead atoms. The van der Waals surface area contributed by atoms with Gasteiger partial charge in [0.25, 0.3) is 0 Å². The van der Waals surface area contributed by atoms with E-state index < -0.39 is 11.8 Å². The predicted molar refractivity (Wildman–Crippen MR) is 89.9 cm³/mol. The van der Waals surface area contributed by atoms with Crippen molar-refractivity contribution in [1.29, 1.82) is 0 Å². The molecule has 23 heavy (non-hydrogen) atoms. The van der Waals surface area contributed by atoms with Gasteiger partial charge in [-0.3, -0.25) is 14.6 Å². The number of rotatable bonds is 5. The number of hydrogen-bond donors (Lipinski definition) is 2. The number of carbonyl (C=O) groups excluding carboxylic acids is 2. The Kier molecular flexibility index (Phi) is 5.86. The first-order valence-electron chi connectivity index (χ1n) is 7.68. The van der Waals surface area contributed by atoms with Crippen LogP contribution in [0.1, 0.15) is 37.3 Å². The van der Waals surface area contributed by atoms with Crippen LogP contribution in [0, 0.1) is 0 Å². The lowest BCUT2D eigenvalue weighted by atomic mass is 9.97. The summed E-state index contributed by atoms with van der Waals surface area (Å²) >= 11 is 0. The summed E-state index contributed by atoms with van der Waals surface area (Å²) < 4.78 is 0. The Bertz CT molecular complexity index is 671. The van der Waals surface area contributed by atoms with E-state index in [4.69, 9.17) is 0 Å². The van der Waals surface area contributed by atoms with Crippen molar-refractivity contribution in [2.75, 3.05) is 5.32 Å². The first-order valence-corrected chi connectivity index (χ1v) is 7.68. The monoisotopic (exact) mass is 311 g/mol. The zero-order valence-corrected chi connectivity index (χ0v) is 13.4. The number of anilines is 1. The molecule has 2 rings (SSSR count). The third-order valence-corrected chi connectivity index (χ3v) is 3.73. The van der Waals surface area contributed by atoms with Gasteiger partial charge < -0.3 is 10.6 Å². The van der Waals surface area contributed by atoms with E-state index in [9.17, 15) is 9.59 Å². The van der Waals surface area contributed by atoms with E-state index >= 15 is 0 Å². The molecule has 0 aliphatic carbocycles. The molecule has 2 N–H and O–H groups in total. The lowest BCUT2D eigenvalue weighted by Crippen LogP contribution is -2.35. The summed E-state index contributed by atoms with van der Waals surface area (Å²) in [5.74, 6) is -1.01. The second kappa shape index (κ2) is 8.08. The minimum atomic E-state index is -0.662. The predicted octanol–water partition coefficient (Wildman–Crippen LogP) is 2.85. The van der Waals surface area contributed by atoms with Gasteiger partial charge in [-0.2, -0.15) is 0 Å². The smallest absolute Gasteiger partial charge is 0.313 e. The maximum absolute atomic E-state index is 12.1. The SMILES string of the molecule is CCC(C)c1ccccc1NC(=O)C(=O)NCc1cccnc1. The number of hydrogen-bond acceptors (Lipinski definition) is 3. The van der Waals surface area contributed by atoms with Crippen LogP contribution in [0.4, 0.5) is 5.69 Å². The number of aromatic nitrogens is 1. The van der Waals surface area contributed by atoms with Gasteiger partial charge in [-0.1, -0.05) is 38.1 Å². The van der Waals surface area contributed by atoms with Crippen molar-refractivity contribution >= 4 is 17.5 Å². The standard InChI is InChI=1S/C18H21N3O2/c1-3-13(2)15-8-4-5-9-16(15)21-18(23)17(22)20-12-14-7-6-10-19-11-14/h4-11,13H,3,12H2,1-2H3,(H,20,22)(H,21,23). The minimum absolute atomic E-state index is 0.271. The molecule has 5 nitrogen and oxygen atoms in total. The molecular formula is C18H21N3O2. The van der Waals surface area contributed by atoms with Crippen LogP contribution >= 0.6 is 0 Å². The average molecular weight is 311 g/mol. The third kappa shape index (κ3) is 4.64. The van der Waals surface area contributed by atoms with Crippen LogP contribution in [0.3, 0.4) is 0 Å². The highest BCUT2D eigenvalue weighted by Gasteiger charge is 2.16. The lowest BCUT2D eigenvalue weighted by molar-refractivity contribution is -0.136. The van der Waals surface area contributed by atoms with Crippen LogP contribution < -0.4 is 10.6 Å². The number of nitrogens with one attached hydrogen (secondary N) is 2. The summed E-state index contributed by atoms with van der Waals surface area (Å²) in [6.45, 7) is 4.45. The van der Waals surface area contributed by atoms with Crippen molar-refractivity contribution < 1.29 is 9.59 Å². The van der Waals surface area contributed by atoms with E-state index in [2.05, 4.69) is 29.5 Å². The molecular weight excluding hydrogens is 290 g/mol. The van der Waals surface area contributed by atoms with Crippen molar-refractivity contribution in [1.82, 2.24) is 10.3 Å². The molecule has 1 atom stereocenters. The van der Waals surface area contributed by atoms with Crippen molar-refractivity contribution in [3.63, 3.8) is 0 Å². The lowest BCUT2D eigenvalue weighted by Gasteiger charge is -2.15. The van der Waals surface area contributed by atoms with Gasteiger partial charge in [0.15, 0.2) is 0 Å². The molecule has 2 aromatic rings. The summed E-state index contributed by atoms with van der Waals surface area (Å²) in [7, 11) is 0. The van der Waals surface area contributed by atoms with E-state index in [1.54, 1.807) is 18.5 Å². The van der Waals surface area contributed by atoms with Crippen molar-refractivity contribution in [3.8, 4) is 0 Å². The zero-order chi connectivity index (χ0) is 16.7. The molecule has 2 amide bonds. The fourth-order valence-electron chi connectivity index (χ4n) is 2.20. The number of carbonyl (C=O) groups is 2. The van der Waals surface area contributed by atoms with E-state index in [1.165, 1.54) is 0 Å². The van der Waals surface area contributed by atoms with Crippen molar-refractivity contribution in [3.05, 3.63) is 59.9 Å². The Morgan fingerprint density at radius 2 is 1.91 bits per heavy atom. The summed E-state index contributed by atoms with van der Waals surface area (Å²) in [6.07, 6.45) is 4.26. The number of para-hydroxylation sites is 1. The summed E-state index contributed by atoms with van der Waals surface area (Å²) in [5.41, 5.74) is 2.56. The second-order valence-corrected chi connectivity index (χ2v) is 5.39. The van der Waals surface area contributed by atoms with Crippen molar-refractivity contribution in [2.45, 2.75) is 32.7 Å². The van der Waals surface area contributed by atoms with Gasteiger partial charge in [-0.15, -0.1) is 0 Å². The largest absolute Gasteiger partial charge is 0.344 e. The Balaban J connectivity index is 1.97. The Morgan fingerprint density at radius 1 is 1.13 bits per heavy atom. The first kappa shape index (κ1) is 16.7. The average Bonchev–Trinajstić information content (AvgIpc) is 2.60. The highest BCUT2D eigenvalue weighted by molar-refractivity contribution is 6.39. The van der Waals surface area contributed by atoms with Crippen LogP contribution in [-0.2, 0) is 16.1 Å². The van der Waals surface area contributed by atoms with Gasteiger partial charge in [0.05, 0.1) is 0 Å². The minimum Gasteiger partial charge on any atom is -0.344 e. The maximum Gasteiger partial charge on any atom is 0.313 e. The van der Waals surface area contributed by atoms with Gasteiger partial charge in [-0.25, -0.2) is 0 Å². The van der Waals surface area contributed by atoms with Gasteiger partial charge in [0.1, 0.15) is 0 Å². The quantitative estimate of drug-likeness (QED) is 0.834. The molecule has 0 saturated heterocycles. The van der Waals surface area contributed by atoms with Crippen LogP contribution in [0.2, 0.25) is 0 Å². The molecule has 1 aromatic heterocycles. The highest BCUT2D eigenvalue weighted by Crippen LogP contribution is 2.26. The molecule has 1 aromatic carbocycles. The van der Waals surface area contributed by atoms with Gasteiger partial charge in [-0.05, 0) is 35.6 Å². The molecule has 5 heteroatoms. The number of amides is 2. The maximum atomic E-state index is 12.1. The second-order valence-electron chi connectivity index (χ2n) is 5.39. The van der Waals surface area contributed by atoms with Crippen molar-refractivity contribution in [2.24, 2.45) is 0 Å². The third-order valence-electron chi connectivity index (χ3n) is 3.73. The van der Waals surface area contributed by atoms with Gasteiger partial charge in [0.2, 0.25) is 0 Å². The highest BCUT2D eigenvalue weighted by atomic mass is 16.2. The van der Waals surface area contributed by atoms with E-state index in [0.717, 1.165) is 17.5 Å². The molecule has 1 heterocycles. The van der Waals surface area contributed by atoms with E-state index in [1.807, 2.05) is 30.3 Å². The Labute approximate surface area is 136 Å². The fourth-order valence-corrected chi connectivity index (χ4v) is 2.20. The number of pyridine rings is 1. The molecule has 0 saturated carbocycles. The van der Waals surface area contributed by atoms with Gasteiger partial charge >= 0.3 is 11.8 Å². The molecule has 0 spiro atoms. The molecule has 0 aliphatic heterocycles. The number of benzene rings is 1. The molecule has 0 radical (unpaired) electrons. The molecule has 1 unspecified atom stereocenters. The summed E-state index contributed by atoms with van der Waals surface area (Å²) in [5, 5.41) is 5.29. The topological polar surface area (TPSA) is 71.1 Å². The van der Waals surface area contributed by atoms with Crippen LogP contribution in [0.15, 0.2) is 48.8 Å². The fraction of sp³-hybridized carbons (Fsp3) is 0.278. The van der Waals surface area contributed by atoms with Crippen LogP contribution in [0.25, 0.3) is 0 Å². The molecule has 0 fully saturated rings. The summed E-state index contributed by atoms with van der Waals surface area (Å²) in [6, 6.07) is 11.2. The number of nitrogens with zero attached hydrogens (tertiary/aromatic N) is 1. The Morgan fingerprint density at radius 3 is 2.61 bits per heavy atom. The molecule has 120 valence electrons. The van der Waals surface area contributed by atoms with Gasteiger partial charge in [0, 0.05) is 24.6 Å². The zero-order valence-electron chi connectivity index (χ0n) is 13.4.